The van der Waals surface area contributed by atoms with E-state index in [0.717, 1.165) is 0 Å². The number of nitrogens with zero attached hydrogens (tertiary/aromatic N) is 1. The molecule has 0 aliphatic rings. The summed E-state index contributed by atoms with van der Waals surface area (Å²) in [7, 11) is 4.90. The first-order valence-electron chi connectivity index (χ1n) is 14.9. The minimum Gasteiger partial charge on any atom is -0.328 e. The molecular weight excluding hydrogens is 374 g/mol. The zero-order chi connectivity index (χ0) is 22.9. The van der Waals surface area contributed by atoms with Crippen molar-refractivity contribution in [2.75, 3.05) is 27.2 Å². The second-order valence-electron chi connectivity index (χ2n) is 11.2. The lowest BCUT2D eigenvalue weighted by molar-refractivity contribution is -0.890. The van der Waals surface area contributed by atoms with Gasteiger partial charge in [0.2, 0.25) is 0 Å². The first-order chi connectivity index (χ1) is 15.1. The SMILES string of the molecule is CCCCCCCCCCCCCCCCCC[N+](C)(C)CCCCCCCCCC. The van der Waals surface area contributed by atoms with Gasteiger partial charge in [0.15, 0.2) is 0 Å². The quantitative estimate of drug-likeness (QED) is 0.0930. The summed E-state index contributed by atoms with van der Waals surface area (Å²) in [5.41, 5.74) is 0. The smallest absolute Gasteiger partial charge is 0.0782 e. The number of rotatable bonds is 26. The molecule has 0 rings (SSSR count). The summed E-state index contributed by atoms with van der Waals surface area (Å²) in [4.78, 5) is 0. The van der Waals surface area contributed by atoms with Crippen molar-refractivity contribution in [3.63, 3.8) is 0 Å². The van der Waals surface area contributed by atoms with Crippen molar-refractivity contribution in [2.45, 2.75) is 168 Å². The molecule has 0 saturated carbocycles. The van der Waals surface area contributed by atoms with Crippen LogP contribution >= 0.6 is 0 Å². The van der Waals surface area contributed by atoms with Crippen molar-refractivity contribution in [1.82, 2.24) is 0 Å². The lowest BCUT2D eigenvalue weighted by Gasteiger charge is -2.30. The molecule has 0 aromatic carbocycles. The summed E-state index contributed by atoms with van der Waals surface area (Å²) >= 11 is 0. The molecule has 0 atom stereocenters. The van der Waals surface area contributed by atoms with Crippen LogP contribution < -0.4 is 0 Å². The Morgan fingerprint density at radius 1 is 0.290 bits per heavy atom. The molecule has 0 N–H and O–H groups in total. The molecule has 31 heavy (non-hydrogen) atoms. The minimum atomic E-state index is 1.24. The largest absolute Gasteiger partial charge is 0.328 e. The van der Waals surface area contributed by atoms with Crippen LogP contribution in [0.15, 0.2) is 0 Å². The molecule has 0 unspecified atom stereocenters. The molecule has 0 radical (unpaired) electrons. The van der Waals surface area contributed by atoms with E-state index in [2.05, 4.69) is 27.9 Å². The van der Waals surface area contributed by atoms with Gasteiger partial charge in [-0.3, -0.25) is 0 Å². The van der Waals surface area contributed by atoms with Gasteiger partial charge in [0.25, 0.3) is 0 Å². The fourth-order valence-corrected chi connectivity index (χ4v) is 4.87. The van der Waals surface area contributed by atoms with Crippen LogP contribution in [0, 0.1) is 0 Å². The lowest BCUT2D eigenvalue weighted by Crippen LogP contribution is -2.41. The summed E-state index contributed by atoms with van der Waals surface area (Å²) in [5, 5.41) is 0. The van der Waals surface area contributed by atoms with Crippen LogP contribution in [-0.4, -0.2) is 31.7 Å². The Bertz CT molecular complexity index is 322. The molecule has 0 saturated heterocycles. The highest BCUT2D eigenvalue weighted by Gasteiger charge is 2.13. The van der Waals surface area contributed by atoms with Crippen molar-refractivity contribution in [3.05, 3.63) is 0 Å². The highest BCUT2D eigenvalue weighted by atomic mass is 15.3. The van der Waals surface area contributed by atoms with Crippen LogP contribution in [-0.2, 0) is 0 Å². The Labute approximate surface area is 199 Å². The number of hydrogen-bond donors (Lipinski definition) is 0. The molecular formula is C30H64N+. The first-order valence-corrected chi connectivity index (χ1v) is 14.9. The molecule has 0 aliphatic heterocycles. The molecule has 1 heteroatoms. The van der Waals surface area contributed by atoms with Crippen molar-refractivity contribution < 1.29 is 4.48 Å². The maximum Gasteiger partial charge on any atom is 0.0782 e. The predicted octanol–water partition coefficient (Wildman–Crippen LogP) is 10.5. The molecule has 0 fully saturated rings. The first kappa shape index (κ1) is 31.0. The molecule has 0 aromatic heterocycles. The van der Waals surface area contributed by atoms with Gasteiger partial charge in [-0.1, -0.05) is 142 Å². The van der Waals surface area contributed by atoms with Crippen LogP contribution in [0.25, 0.3) is 0 Å². The number of quaternary nitrogens is 1. The van der Waals surface area contributed by atoms with Gasteiger partial charge in [-0.15, -0.1) is 0 Å². The number of hydrogen-bond acceptors (Lipinski definition) is 0. The number of unbranched alkanes of at least 4 members (excludes halogenated alkanes) is 22. The third kappa shape index (κ3) is 26.1. The van der Waals surface area contributed by atoms with E-state index >= 15 is 0 Å². The Hall–Kier alpha value is -0.0400. The molecule has 0 amide bonds. The van der Waals surface area contributed by atoms with Crippen LogP contribution in [0.4, 0.5) is 0 Å². The third-order valence-electron chi connectivity index (χ3n) is 7.23. The van der Waals surface area contributed by atoms with Gasteiger partial charge >= 0.3 is 0 Å². The fraction of sp³-hybridized carbons (Fsp3) is 1.00. The van der Waals surface area contributed by atoms with Crippen LogP contribution in [0.5, 0.6) is 0 Å². The summed E-state index contributed by atoms with van der Waals surface area (Å²) in [6.07, 6.45) is 35.0. The molecule has 0 aromatic rings. The zero-order valence-corrected chi connectivity index (χ0v) is 22.8. The highest BCUT2D eigenvalue weighted by Crippen LogP contribution is 2.15. The summed E-state index contributed by atoms with van der Waals surface area (Å²) < 4.78 is 1.24. The third-order valence-corrected chi connectivity index (χ3v) is 7.23. The van der Waals surface area contributed by atoms with Crippen molar-refractivity contribution in [1.29, 1.82) is 0 Å². The molecule has 0 aliphatic carbocycles. The standard InChI is InChI=1S/C30H64N/c1-5-7-9-11-13-15-16-17-18-19-20-21-22-24-26-28-30-31(3,4)29-27-25-23-14-12-10-8-6-2/h5-30H2,1-4H3/q+1. The molecule has 0 spiro atoms. The van der Waals surface area contributed by atoms with Gasteiger partial charge in [0.05, 0.1) is 27.2 Å². The van der Waals surface area contributed by atoms with E-state index in [1.165, 1.54) is 172 Å². The van der Waals surface area contributed by atoms with Gasteiger partial charge in [-0.2, -0.15) is 0 Å². The average Bonchev–Trinajstić information content (AvgIpc) is 2.75. The van der Waals surface area contributed by atoms with Gasteiger partial charge in [0.1, 0.15) is 0 Å². The zero-order valence-electron chi connectivity index (χ0n) is 22.8. The van der Waals surface area contributed by atoms with E-state index in [0.29, 0.717) is 0 Å². The van der Waals surface area contributed by atoms with Gasteiger partial charge in [-0.25, -0.2) is 0 Å². The van der Waals surface area contributed by atoms with E-state index in [-0.39, 0.29) is 0 Å². The van der Waals surface area contributed by atoms with Crippen LogP contribution in [0.2, 0.25) is 0 Å². The molecule has 0 heterocycles. The summed E-state index contributed by atoms with van der Waals surface area (Å²) in [5.74, 6) is 0. The van der Waals surface area contributed by atoms with Crippen molar-refractivity contribution >= 4 is 0 Å². The Balaban J connectivity index is 3.25. The van der Waals surface area contributed by atoms with E-state index in [4.69, 9.17) is 0 Å². The van der Waals surface area contributed by atoms with Crippen molar-refractivity contribution in [2.24, 2.45) is 0 Å². The van der Waals surface area contributed by atoms with Crippen LogP contribution in [0.1, 0.15) is 168 Å². The molecule has 188 valence electrons. The lowest BCUT2D eigenvalue weighted by atomic mass is 10.0. The molecule has 0 bridgehead atoms. The topological polar surface area (TPSA) is 0 Å². The van der Waals surface area contributed by atoms with Gasteiger partial charge in [0, 0.05) is 0 Å². The summed E-state index contributed by atoms with van der Waals surface area (Å²) in [6.45, 7) is 7.38. The fourth-order valence-electron chi connectivity index (χ4n) is 4.87. The maximum atomic E-state index is 2.45. The van der Waals surface area contributed by atoms with Gasteiger partial charge in [-0.05, 0) is 25.7 Å². The van der Waals surface area contributed by atoms with E-state index in [1.807, 2.05) is 0 Å². The van der Waals surface area contributed by atoms with Gasteiger partial charge < -0.3 is 4.48 Å². The van der Waals surface area contributed by atoms with E-state index in [1.54, 1.807) is 0 Å². The minimum absolute atomic E-state index is 1.24. The predicted molar refractivity (Wildman–Crippen MR) is 144 cm³/mol. The van der Waals surface area contributed by atoms with E-state index < -0.39 is 0 Å². The van der Waals surface area contributed by atoms with Crippen molar-refractivity contribution in [3.8, 4) is 0 Å². The second-order valence-corrected chi connectivity index (χ2v) is 11.2. The average molecular weight is 439 g/mol. The normalized spacial score (nSPS) is 12.0. The van der Waals surface area contributed by atoms with Crippen LogP contribution in [0.3, 0.4) is 0 Å². The Morgan fingerprint density at radius 3 is 0.710 bits per heavy atom. The molecule has 1 nitrogen and oxygen atoms in total. The monoisotopic (exact) mass is 439 g/mol. The Morgan fingerprint density at radius 2 is 0.484 bits per heavy atom. The maximum absolute atomic E-state index is 2.45. The highest BCUT2D eigenvalue weighted by molar-refractivity contribution is 4.51. The second kappa shape index (κ2) is 24.6. The van der Waals surface area contributed by atoms with E-state index in [9.17, 15) is 0 Å². The Kier molecular flexibility index (Phi) is 24.6. The summed E-state index contributed by atoms with van der Waals surface area (Å²) in [6, 6.07) is 0.